The first kappa shape index (κ1) is 16.6. The van der Waals surface area contributed by atoms with Gasteiger partial charge in [-0.25, -0.2) is 9.59 Å². The molecule has 0 bridgehead atoms. The van der Waals surface area contributed by atoms with E-state index in [9.17, 15) is 14.7 Å². The number of carbonyl (C=O) groups excluding carboxylic acids is 1. The smallest absolute Gasteiger partial charge is 0.326 e. The zero-order valence-corrected chi connectivity index (χ0v) is 13.1. The maximum Gasteiger partial charge on any atom is 0.326 e. The van der Waals surface area contributed by atoms with Crippen molar-refractivity contribution in [2.75, 3.05) is 0 Å². The van der Waals surface area contributed by atoms with Crippen molar-refractivity contribution in [3.63, 3.8) is 0 Å². The van der Waals surface area contributed by atoms with Crippen LogP contribution in [0.1, 0.15) is 37.7 Å². The van der Waals surface area contributed by atoms with E-state index in [0.29, 0.717) is 5.02 Å². The number of hydrogen-bond donors (Lipinski definition) is 3. The average molecular weight is 325 g/mol. The van der Waals surface area contributed by atoms with E-state index in [1.165, 1.54) is 6.42 Å². The summed E-state index contributed by atoms with van der Waals surface area (Å²) in [4.78, 5) is 23.3. The summed E-state index contributed by atoms with van der Waals surface area (Å²) in [6.45, 7) is 0. The third-order valence-electron chi connectivity index (χ3n) is 3.90. The molecular weight excluding hydrogens is 304 g/mol. The Labute approximate surface area is 135 Å². The molecule has 1 aromatic rings. The third-order valence-corrected chi connectivity index (χ3v) is 4.15. The summed E-state index contributed by atoms with van der Waals surface area (Å²) < 4.78 is 0. The van der Waals surface area contributed by atoms with Crippen molar-refractivity contribution >= 4 is 23.6 Å². The molecule has 1 aliphatic carbocycles. The summed E-state index contributed by atoms with van der Waals surface area (Å²) in [5.41, 5.74) is 0.815. The first-order valence-corrected chi connectivity index (χ1v) is 7.96. The lowest BCUT2D eigenvalue weighted by molar-refractivity contribution is -0.139. The number of carboxylic acid groups (broad SMARTS) is 1. The van der Waals surface area contributed by atoms with Gasteiger partial charge >= 0.3 is 12.0 Å². The monoisotopic (exact) mass is 324 g/mol. The Balaban J connectivity index is 1.88. The Morgan fingerprint density at radius 2 is 1.82 bits per heavy atom. The second-order valence-electron chi connectivity index (χ2n) is 5.67. The van der Waals surface area contributed by atoms with Gasteiger partial charge in [0, 0.05) is 17.5 Å². The van der Waals surface area contributed by atoms with Gasteiger partial charge in [-0.15, -0.1) is 0 Å². The van der Waals surface area contributed by atoms with E-state index in [-0.39, 0.29) is 12.5 Å². The van der Waals surface area contributed by atoms with E-state index in [2.05, 4.69) is 10.6 Å². The van der Waals surface area contributed by atoms with Gasteiger partial charge in [-0.3, -0.25) is 0 Å². The van der Waals surface area contributed by atoms with Gasteiger partial charge in [0.15, 0.2) is 0 Å². The molecular formula is C16H21ClN2O3. The molecule has 2 rings (SSSR count). The minimum absolute atomic E-state index is 0.152. The molecule has 6 heteroatoms. The van der Waals surface area contributed by atoms with Crippen molar-refractivity contribution in [3.05, 3.63) is 34.9 Å². The first-order chi connectivity index (χ1) is 10.5. The normalized spacial score (nSPS) is 16.8. The number of hydrogen-bond acceptors (Lipinski definition) is 2. The number of carboxylic acids is 1. The Morgan fingerprint density at radius 1 is 1.18 bits per heavy atom. The van der Waals surface area contributed by atoms with Gasteiger partial charge in [-0.1, -0.05) is 43.0 Å². The Morgan fingerprint density at radius 3 is 2.41 bits per heavy atom. The van der Waals surface area contributed by atoms with Crippen LogP contribution in [0.3, 0.4) is 0 Å². The zero-order chi connectivity index (χ0) is 15.9. The first-order valence-electron chi connectivity index (χ1n) is 7.59. The second kappa shape index (κ2) is 8.03. The summed E-state index contributed by atoms with van der Waals surface area (Å²) in [7, 11) is 0. The van der Waals surface area contributed by atoms with E-state index >= 15 is 0 Å². The number of rotatable bonds is 5. The van der Waals surface area contributed by atoms with E-state index in [1.807, 2.05) is 0 Å². The Kier molecular flexibility index (Phi) is 6.07. The summed E-state index contributed by atoms with van der Waals surface area (Å²) in [6, 6.07) is 5.73. The largest absolute Gasteiger partial charge is 0.480 e. The van der Waals surface area contributed by atoms with Crippen LogP contribution in [-0.4, -0.2) is 29.2 Å². The molecule has 0 saturated heterocycles. The van der Waals surface area contributed by atoms with E-state index < -0.39 is 18.0 Å². The molecule has 1 atom stereocenters. The molecule has 2 amide bonds. The van der Waals surface area contributed by atoms with Crippen LogP contribution in [0.4, 0.5) is 4.79 Å². The number of aliphatic carboxylic acids is 1. The van der Waals surface area contributed by atoms with Crippen molar-refractivity contribution < 1.29 is 14.7 Å². The van der Waals surface area contributed by atoms with Gasteiger partial charge in [0.2, 0.25) is 0 Å². The maximum absolute atomic E-state index is 12.0. The molecule has 1 fully saturated rings. The lowest BCUT2D eigenvalue weighted by Gasteiger charge is -2.24. The van der Waals surface area contributed by atoms with Gasteiger partial charge in [0.25, 0.3) is 0 Å². The number of amides is 2. The minimum Gasteiger partial charge on any atom is -0.480 e. The van der Waals surface area contributed by atoms with Gasteiger partial charge in [0.05, 0.1) is 0 Å². The highest BCUT2D eigenvalue weighted by molar-refractivity contribution is 6.30. The quantitative estimate of drug-likeness (QED) is 0.779. The van der Waals surface area contributed by atoms with E-state index in [1.54, 1.807) is 24.3 Å². The van der Waals surface area contributed by atoms with Gasteiger partial charge in [-0.05, 0) is 30.5 Å². The van der Waals surface area contributed by atoms with E-state index in [0.717, 1.165) is 31.2 Å². The van der Waals surface area contributed by atoms with Gasteiger partial charge in [-0.2, -0.15) is 0 Å². The van der Waals surface area contributed by atoms with Crippen LogP contribution >= 0.6 is 11.6 Å². The molecule has 22 heavy (non-hydrogen) atoms. The van der Waals surface area contributed by atoms with Crippen molar-refractivity contribution in [3.8, 4) is 0 Å². The van der Waals surface area contributed by atoms with Crippen molar-refractivity contribution in [1.29, 1.82) is 0 Å². The van der Waals surface area contributed by atoms with Crippen molar-refractivity contribution in [1.82, 2.24) is 10.6 Å². The number of halogens is 1. The Hall–Kier alpha value is -1.75. The fourth-order valence-corrected chi connectivity index (χ4v) is 2.81. The molecule has 120 valence electrons. The summed E-state index contributed by atoms with van der Waals surface area (Å²) in [5.74, 6) is -1.05. The summed E-state index contributed by atoms with van der Waals surface area (Å²) >= 11 is 5.81. The van der Waals surface area contributed by atoms with Crippen molar-refractivity contribution in [2.45, 2.75) is 50.6 Å². The van der Waals surface area contributed by atoms with Gasteiger partial charge in [0.1, 0.15) is 6.04 Å². The standard InChI is InChI=1S/C16H21ClN2O3/c17-12-8-6-11(7-9-12)10-14(15(20)21)19-16(22)18-13-4-2-1-3-5-13/h6-9,13-14H,1-5,10H2,(H,20,21)(H2,18,19,22). The van der Waals surface area contributed by atoms with Crippen LogP contribution < -0.4 is 10.6 Å². The number of nitrogens with one attached hydrogen (secondary N) is 2. The fraction of sp³-hybridized carbons (Fsp3) is 0.500. The third kappa shape index (κ3) is 5.22. The lowest BCUT2D eigenvalue weighted by atomic mass is 9.96. The molecule has 3 N–H and O–H groups in total. The minimum atomic E-state index is -1.05. The second-order valence-corrected chi connectivity index (χ2v) is 6.11. The lowest BCUT2D eigenvalue weighted by Crippen LogP contribution is -2.50. The predicted molar refractivity (Wildman–Crippen MR) is 85.1 cm³/mol. The number of benzene rings is 1. The number of urea groups is 1. The maximum atomic E-state index is 12.0. The van der Waals surface area contributed by atoms with E-state index in [4.69, 9.17) is 11.6 Å². The molecule has 0 spiro atoms. The van der Waals surface area contributed by atoms with Crippen LogP contribution in [0, 0.1) is 0 Å². The highest BCUT2D eigenvalue weighted by Gasteiger charge is 2.22. The zero-order valence-electron chi connectivity index (χ0n) is 12.3. The van der Waals surface area contributed by atoms with Crippen LogP contribution in [0.2, 0.25) is 5.02 Å². The molecule has 0 aromatic heterocycles. The highest BCUT2D eigenvalue weighted by Crippen LogP contribution is 2.17. The molecule has 5 nitrogen and oxygen atoms in total. The summed E-state index contributed by atoms with van der Waals surface area (Å²) in [5, 5.41) is 15.3. The Bertz CT molecular complexity index is 513. The van der Waals surface area contributed by atoms with Crippen LogP contribution in [-0.2, 0) is 11.2 Å². The fourth-order valence-electron chi connectivity index (χ4n) is 2.69. The molecule has 0 radical (unpaired) electrons. The number of carbonyl (C=O) groups is 2. The summed E-state index contributed by atoms with van der Waals surface area (Å²) in [6.07, 6.45) is 5.57. The average Bonchev–Trinajstić information content (AvgIpc) is 2.49. The molecule has 1 aromatic carbocycles. The predicted octanol–water partition coefficient (Wildman–Crippen LogP) is 2.97. The van der Waals surface area contributed by atoms with Crippen molar-refractivity contribution in [2.24, 2.45) is 0 Å². The molecule has 1 aliphatic rings. The molecule has 1 unspecified atom stereocenters. The molecule has 0 heterocycles. The topological polar surface area (TPSA) is 78.4 Å². The van der Waals surface area contributed by atoms with Gasteiger partial charge < -0.3 is 15.7 Å². The molecule has 0 aliphatic heterocycles. The molecule has 1 saturated carbocycles. The van der Waals surface area contributed by atoms with Crippen LogP contribution in [0.15, 0.2) is 24.3 Å². The van der Waals surface area contributed by atoms with Crippen LogP contribution in [0.25, 0.3) is 0 Å². The SMILES string of the molecule is O=C(NC1CCCCC1)NC(Cc1ccc(Cl)cc1)C(=O)O. The highest BCUT2D eigenvalue weighted by atomic mass is 35.5. The van der Waals surface area contributed by atoms with Crippen LogP contribution in [0.5, 0.6) is 0 Å².